The largest absolute Gasteiger partial charge is 0.312 e. The Bertz CT molecular complexity index is 341. The molecule has 2 rings (SSSR count). The first-order valence-electron chi connectivity index (χ1n) is 6.14. The average Bonchev–Trinajstić information content (AvgIpc) is 2.68. The summed E-state index contributed by atoms with van der Waals surface area (Å²) in [4.78, 5) is 0. The van der Waals surface area contributed by atoms with Gasteiger partial charge in [0.05, 0.1) is 22.4 Å². The van der Waals surface area contributed by atoms with Crippen molar-refractivity contribution in [3.63, 3.8) is 0 Å². The number of hydrogen-bond donors (Lipinski definition) is 1. The number of nitrogens with one attached hydrogen (secondary N) is 1. The van der Waals surface area contributed by atoms with Gasteiger partial charge in [-0.1, -0.05) is 0 Å². The van der Waals surface area contributed by atoms with Gasteiger partial charge in [0.1, 0.15) is 0 Å². The minimum absolute atomic E-state index is 0.407. The fourth-order valence-electron chi connectivity index (χ4n) is 2.49. The van der Waals surface area contributed by atoms with Gasteiger partial charge in [0, 0.05) is 7.05 Å². The zero-order valence-electron chi connectivity index (χ0n) is 10.4. The van der Waals surface area contributed by atoms with Crippen LogP contribution in [0.25, 0.3) is 0 Å². The Morgan fingerprint density at radius 2 is 2.29 bits per heavy atom. The Morgan fingerprint density at radius 3 is 2.82 bits per heavy atom. The Balaban J connectivity index is 2.05. The Hall–Kier alpha value is 0. The quantitative estimate of drug-likeness (QED) is 0.926. The van der Waals surface area contributed by atoms with E-state index in [1.54, 1.807) is 0 Å². The maximum absolute atomic E-state index is 4.30. The minimum Gasteiger partial charge on any atom is -0.312 e. The second-order valence-corrected chi connectivity index (χ2v) is 6.71. The van der Waals surface area contributed by atoms with E-state index in [4.69, 9.17) is 0 Å². The molecular formula is C12H20BrN3S. The van der Waals surface area contributed by atoms with E-state index in [1.807, 2.05) is 25.0 Å². The second-order valence-electron chi connectivity index (χ2n) is 4.63. The fourth-order valence-corrected chi connectivity index (χ4v) is 4.32. The molecule has 0 radical (unpaired) electrons. The van der Waals surface area contributed by atoms with Crippen LogP contribution in [0.1, 0.15) is 31.0 Å². The first-order chi connectivity index (χ1) is 8.22. The van der Waals surface area contributed by atoms with Gasteiger partial charge in [-0.05, 0) is 59.7 Å². The number of halogens is 1. The molecular weight excluding hydrogens is 298 g/mol. The molecule has 1 aliphatic rings. The van der Waals surface area contributed by atoms with Gasteiger partial charge >= 0.3 is 0 Å². The maximum atomic E-state index is 4.30. The summed E-state index contributed by atoms with van der Waals surface area (Å²) in [5.41, 5.74) is 1.27. The molecule has 1 aliphatic heterocycles. The van der Waals surface area contributed by atoms with E-state index in [0.29, 0.717) is 6.04 Å². The van der Waals surface area contributed by atoms with Crippen LogP contribution in [0, 0.1) is 5.92 Å². The summed E-state index contributed by atoms with van der Waals surface area (Å²) >= 11 is 5.69. The molecule has 1 N–H and O–H groups in total. The Morgan fingerprint density at radius 1 is 1.59 bits per heavy atom. The number of aromatic nitrogens is 2. The predicted octanol–water partition coefficient (Wildman–Crippen LogP) is 2.98. The van der Waals surface area contributed by atoms with Crippen molar-refractivity contribution in [2.24, 2.45) is 13.0 Å². The minimum atomic E-state index is 0.407. The van der Waals surface area contributed by atoms with Crippen molar-refractivity contribution in [2.75, 3.05) is 18.6 Å². The van der Waals surface area contributed by atoms with Crippen molar-refractivity contribution in [1.82, 2.24) is 15.1 Å². The maximum Gasteiger partial charge on any atom is 0.0692 e. The SMILES string of the molecule is CNC(CC1CCSCC1)c1c(Br)cnn1C. The highest BCUT2D eigenvalue weighted by atomic mass is 79.9. The second kappa shape index (κ2) is 6.25. The van der Waals surface area contributed by atoms with Gasteiger partial charge in [0.25, 0.3) is 0 Å². The molecule has 5 heteroatoms. The molecule has 0 bridgehead atoms. The first kappa shape index (κ1) is 13.4. The smallest absolute Gasteiger partial charge is 0.0692 e. The van der Waals surface area contributed by atoms with E-state index in [9.17, 15) is 0 Å². The van der Waals surface area contributed by atoms with Gasteiger partial charge in [-0.15, -0.1) is 0 Å². The molecule has 1 aromatic heterocycles. The summed E-state index contributed by atoms with van der Waals surface area (Å²) in [6.07, 6.45) is 5.82. The van der Waals surface area contributed by atoms with Crippen molar-refractivity contribution in [1.29, 1.82) is 0 Å². The zero-order valence-corrected chi connectivity index (χ0v) is 12.9. The molecule has 0 saturated carbocycles. The highest BCUT2D eigenvalue weighted by Gasteiger charge is 2.23. The molecule has 0 aromatic carbocycles. The lowest BCUT2D eigenvalue weighted by atomic mass is 9.93. The lowest BCUT2D eigenvalue weighted by Gasteiger charge is -2.26. The van der Waals surface area contributed by atoms with Crippen LogP contribution < -0.4 is 5.32 Å². The predicted molar refractivity (Wildman–Crippen MR) is 77.4 cm³/mol. The summed E-state index contributed by atoms with van der Waals surface area (Å²) in [5, 5.41) is 7.74. The lowest BCUT2D eigenvalue weighted by Crippen LogP contribution is -2.24. The van der Waals surface area contributed by atoms with Crippen molar-refractivity contribution < 1.29 is 0 Å². The summed E-state index contributed by atoms with van der Waals surface area (Å²) in [6, 6.07) is 0.407. The van der Waals surface area contributed by atoms with Crippen LogP contribution in [0.15, 0.2) is 10.7 Å². The molecule has 1 atom stereocenters. The monoisotopic (exact) mass is 317 g/mol. The van der Waals surface area contributed by atoms with E-state index >= 15 is 0 Å². The fraction of sp³-hybridized carbons (Fsp3) is 0.750. The Labute approximate surface area is 116 Å². The molecule has 0 spiro atoms. The molecule has 17 heavy (non-hydrogen) atoms. The van der Waals surface area contributed by atoms with Gasteiger partial charge in [-0.3, -0.25) is 4.68 Å². The number of thioether (sulfide) groups is 1. The van der Waals surface area contributed by atoms with E-state index in [0.717, 1.165) is 10.4 Å². The molecule has 1 unspecified atom stereocenters. The van der Waals surface area contributed by atoms with Crippen molar-refractivity contribution in [3.8, 4) is 0 Å². The normalized spacial score (nSPS) is 19.5. The van der Waals surface area contributed by atoms with Crippen LogP contribution in [-0.4, -0.2) is 28.3 Å². The molecule has 3 nitrogen and oxygen atoms in total. The first-order valence-corrected chi connectivity index (χ1v) is 8.09. The van der Waals surface area contributed by atoms with Crippen LogP contribution in [-0.2, 0) is 7.05 Å². The third kappa shape index (κ3) is 3.26. The number of rotatable bonds is 4. The van der Waals surface area contributed by atoms with Crippen molar-refractivity contribution >= 4 is 27.7 Å². The van der Waals surface area contributed by atoms with Crippen LogP contribution in [0.3, 0.4) is 0 Å². The van der Waals surface area contributed by atoms with E-state index < -0.39 is 0 Å². The van der Waals surface area contributed by atoms with Crippen LogP contribution in [0.2, 0.25) is 0 Å². The van der Waals surface area contributed by atoms with E-state index in [2.05, 4.69) is 38.1 Å². The standard InChI is InChI=1S/C12H20BrN3S/c1-14-11(7-9-3-5-17-6-4-9)12-10(13)8-15-16(12)2/h8-9,11,14H,3-7H2,1-2H3. The van der Waals surface area contributed by atoms with Crippen molar-refractivity contribution in [3.05, 3.63) is 16.4 Å². The van der Waals surface area contributed by atoms with Crippen LogP contribution in [0.4, 0.5) is 0 Å². The lowest BCUT2D eigenvalue weighted by molar-refractivity contribution is 0.371. The molecule has 1 fully saturated rings. The topological polar surface area (TPSA) is 29.9 Å². The number of hydrogen-bond acceptors (Lipinski definition) is 3. The van der Waals surface area contributed by atoms with Gasteiger partial charge < -0.3 is 5.32 Å². The van der Waals surface area contributed by atoms with Gasteiger partial charge in [-0.25, -0.2) is 0 Å². The molecule has 0 amide bonds. The number of aryl methyl sites for hydroxylation is 1. The van der Waals surface area contributed by atoms with Gasteiger partial charge in [0.15, 0.2) is 0 Å². The molecule has 0 aliphatic carbocycles. The highest BCUT2D eigenvalue weighted by Crippen LogP contribution is 2.33. The molecule has 96 valence electrons. The third-order valence-electron chi connectivity index (χ3n) is 3.53. The summed E-state index contributed by atoms with van der Waals surface area (Å²) in [5.74, 6) is 3.51. The highest BCUT2D eigenvalue weighted by molar-refractivity contribution is 9.10. The van der Waals surface area contributed by atoms with Crippen LogP contribution in [0.5, 0.6) is 0 Å². The molecule has 1 aromatic rings. The van der Waals surface area contributed by atoms with E-state index in [-0.39, 0.29) is 0 Å². The average molecular weight is 318 g/mol. The van der Waals surface area contributed by atoms with Crippen molar-refractivity contribution in [2.45, 2.75) is 25.3 Å². The van der Waals surface area contributed by atoms with Gasteiger partial charge in [-0.2, -0.15) is 16.9 Å². The van der Waals surface area contributed by atoms with Crippen LogP contribution >= 0.6 is 27.7 Å². The Kier molecular flexibility index (Phi) is 4.94. The number of nitrogens with zero attached hydrogens (tertiary/aromatic N) is 2. The summed E-state index contributed by atoms with van der Waals surface area (Å²) in [7, 11) is 4.06. The third-order valence-corrected chi connectivity index (χ3v) is 5.19. The summed E-state index contributed by atoms with van der Waals surface area (Å²) in [6.45, 7) is 0. The summed E-state index contributed by atoms with van der Waals surface area (Å²) < 4.78 is 3.09. The van der Waals surface area contributed by atoms with E-state index in [1.165, 1.54) is 36.5 Å². The zero-order chi connectivity index (χ0) is 12.3. The van der Waals surface area contributed by atoms with Gasteiger partial charge in [0.2, 0.25) is 0 Å². The molecule has 2 heterocycles. The molecule has 1 saturated heterocycles.